The van der Waals surface area contributed by atoms with Gasteiger partial charge >= 0.3 is 0 Å². The van der Waals surface area contributed by atoms with Crippen LogP contribution in [0.15, 0.2) is 0 Å². The van der Waals surface area contributed by atoms with Gasteiger partial charge < -0.3 is 9.16 Å². The van der Waals surface area contributed by atoms with Crippen LogP contribution in [-0.4, -0.2) is 60.1 Å². The average Bonchev–Trinajstić information content (AvgIpc) is 3.25. The molecule has 0 aromatic carbocycles. The fourth-order valence-corrected chi connectivity index (χ4v) is 7.94. The third kappa shape index (κ3) is 3.10. The molecule has 26 heavy (non-hydrogen) atoms. The molecule has 1 amide bonds. The summed E-state index contributed by atoms with van der Waals surface area (Å²) in [7, 11) is -1.91. The van der Waals surface area contributed by atoms with Crippen molar-refractivity contribution in [3.8, 4) is 0 Å². The first-order chi connectivity index (χ1) is 12.0. The van der Waals surface area contributed by atoms with Gasteiger partial charge in [0.1, 0.15) is 5.60 Å². The molecule has 0 bridgehead atoms. The third-order valence-corrected chi connectivity index (χ3v) is 13.6. The van der Waals surface area contributed by atoms with E-state index in [1.165, 1.54) is 12.8 Å². The molecule has 150 valence electrons. The molecule has 2 saturated heterocycles. The molecular weight excluding hydrogens is 382 g/mol. The minimum Gasteiger partial charge on any atom is -0.413 e. The molecule has 1 unspecified atom stereocenters. The second-order valence-corrected chi connectivity index (χ2v) is 16.1. The third-order valence-electron chi connectivity index (χ3n) is 7.06. The van der Waals surface area contributed by atoms with E-state index in [2.05, 4.69) is 47.0 Å². The Hall–Kier alpha value is 0.307. The summed E-state index contributed by atoms with van der Waals surface area (Å²) in [5.41, 5.74) is -0.149. The van der Waals surface area contributed by atoms with Crippen LogP contribution in [0.5, 0.6) is 0 Å². The summed E-state index contributed by atoms with van der Waals surface area (Å²) >= 11 is 3.47. The zero-order valence-corrected chi connectivity index (χ0v) is 20.1. The van der Waals surface area contributed by atoms with E-state index in [0.29, 0.717) is 11.4 Å². The monoisotopic (exact) mass is 417 g/mol. The van der Waals surface area contributed by atoms with Gasteiger partial charge in [0.25, 0.3) is 0 Å². The molecule has 0 aromatic heterocycles. The maximum atomic E-state index is 13.0. The maximum Gasteiger partial charge on any atom is 0.240 e. The predicted octanol–water partition coefficient (Wildman–Crippen LogP) is 4.55. The molecule has 2 heterocycles. The number of epoxide rings is 1. The van der Waals surface area contributed by atoms with Crippen LogP contribution < -0.4 is 0 Å². The largest absolute Gasteiger partial charge is 0.413 e. The van der Waals surface area contributed by atoms with Crippen molar-refractivity contribution in [1.29, 1.82) is 0 Å². The zero-order valence-electron chi connectivity index (χ0n) is 17.5. The molecule has 3 fully saturated rings. The van der Waals surface area contributed by atoms with Gasteiger partial charge in [0.05, 0.1) is 24.2 Å². The Morgan fingerprint density at radius 1 is 1.31 bits per heavy atom. The number of rotatable bonds is 6. The first kappa shape index (κ1) is 21.0. The van der Waals surface area contributed by atoms with E-state index in [4.69, 9.17) is 9.16 Å². The van der Waals surface area contributed by atoms with E-state index in [0.717, 1.165) is 6.42 Å². The lowest BCUT2D eigenvalue weighted by atomic mass is 9.71. The Labute approximate surface area is 168 Å². The van der Waals surface area contributed by atoms with Gasteiger partial charge in [0, 0.05) is 11.5 Å². The standard InChI is InChI=1S/C19H35NO3S2Si/c1-12(23-26(7,8)18(2,3)4)15-16(20(25-6)17(15)21)19-13(22-19)10-9-11-14(19)24-5/h12-16H,9-11H2,1-8H3/t12-,13?,14+,15-,16-,19-/m1/s1. The van der Waals surface area contributed by atoms with Gasteiger partial charge in [-0.2, -0.15) is 11.8 Å². The van der Waals surface area contributed by atoms with E-state index >= 15 is 0 Å². The summed E-state index contributed by atoms with van der Waals surface area (Å²) < 4.78 is 15.0. The second-order valence-electron chi connectivity index (χ2n) is 9.52. The number of hydrogen-bond donors (Lipinski definition) is 0. The van der Waals surface area contributed by atoms with Gasteiger partial charge in [-0.1, -0.05) is 32.7 Å². The van der Waals surface area contributed by atoms with Crippen LogP contribution in [0.4, 0.5) is 0 Å². The highest BCUT2D eigenvalue weighted by Gasteiger charge is 2.74. The molecule has 7 heteroatoms. The molecule has 3 aliphatic rings. The quantitative estimate of drug-likeness (QED) is 0.274. The van der Waals surface area contributed by atoms with Gasteiger partial charge in [-0.05, 0) is 50.6 Å². The van der Waals surface area contributed by atoms with Gasteiger partial charge in [-0.25, -0.2) is 0 Å². The molecule has 0 radical (unpaired) electrons. The van der Waals surface area contributed by atoms with Crippen molar-refractivity contribution in [2.24, 2.45) is 5.92 Å². The van der Waals surface area contributed by atoms with Crippen LogP contribution in [-0.2, 0) is 14.0 Å². The van der Waals surface area contributed by atoms with E-state index in [-0.39, 0.29) is 34.6 Å². The highest BCUT2D eigenvalue weighted by Crippen LogP contribution is 2.60. The number of ether oxygens (including phenoxy) is 1. The van der Waals surface area contributed by atoms with Crippen molar-refractivity contribution in [3.63, 3.8) is 0 Å². The minimum atomic E-state index is -1.91. The summed E-state index contributed by atoms with van der Waals surface area (Å²) in [5, 5.41) is 0.628. The number of carbonyl (C=O) groups is 1. The van der Waals surface area contributed by atoms with E-state index in [9.17, 15) is 4.79 Å². The van der Waals surface area contributed by atoms with Crippen LogP contribution >= 0.6 is 23.7 Å². The molecule has 4 nitrogen and oxygen atoms in total. The molecule has 3 rings (SSSR count). The molecular formula is C19H35NO3S2Si. The van der Waals surface area contributed by atoms with E-state index in [1.807, 2.05) is 22.3 Å². The lowest BCUT2D eigenvalue weighted by Gasteiger charge is -2.53. The normalized spacial score (nSPS) is 38.6. The maximum absolute atomic E-state index is 13.0. The summed E-state index contributed by atoms with van der Waals surface area (Å²) in [5.74, 6) is 0.150. The fourth-order valence-electron chi connectivity index (χ4n) is 4.57. The molecule has 6 atom stereocenters. The van der Waals surface area contributed by atoms with Crippen LogP contribution in [0.3, 0.4) is 0 Å². The van der Waals surface area contributed by atoms with E-state index < -0.39 is 8.32 Å². The van der Waals surface area contributed by atoms with Crippen molar-refractivity contribution >= 4 is 37.9 Å². The highest BCUT2D eigenvalue weighted by molar-refractivity contribution is 7.99. The lowest BCUT2D eigenvalue weighted by Crippen LogP contribution is -2.70. The highest BCUT2D eigenvalue weighted by atomic mass is 32.2. The molecule has 1 saturated carbocycles. The average molecular weight is 418 g/mol. The topological polar surface area (TPSA) is 42.1 Å². The summed E-state index contributed by atoms with van der Waals surface area (Å²) in [6, 6.07) is 0.146. The first-order valence-corrected chi connectivity index (χ1v) is 15.1. The number of thioether (sulfide) groups is 1. The van der Waals surface area contributed by atoms with Gasteiger partial charge in [-0.3, -0.25) is 9.10 Å². The Kier molecular flexibility index (Phi) is 5.64. The lowest BCUT2D eigenvalue weighted by molar-refractivity contribution is -0.156. The van der Waals surface area contributed by atoms with Crippen molar-refractivity contribution in [1.82, 2.24) is 4.31 Å². The van der Waals surface area contributed by atoms with E-state index in [1.54, 1.807) is 11.9 Å². The van der Waals surface area contributed by atoms with Crippen LogP contribution in [0.1, 0.15) is 47.0 Å². The number of β-lactam (4-membered cyclic amide) rings is 1. The van der Waals surface area contributed by atoms with Crippen LogP contribution in [0.25, 0.3) is 0 Å². The van der Waals surface area contributed by atoms with Crippen molar-refractivity contribution < 1.29 is 14.0 Å². The molecule has 1 aliphatic carbocycles. The molecule has 0 aromatic rings. The van der Waals surface area contributed by atoms with Crippen molar-refractivity contribution in [2.75, 3.05) is 12.5 Å². The van der Waals surface area contributed by atoms with Crippen molar-refractivity contribution in [3.05, 3.63) is 0 Å². The Morgan fingerprint density at radius 3 is 2.50 bits per heavy atom. The Bertz CT molecular complexity index is 567. The zero-order chi connectivity index (χ0) is 19.5. The number of nitrogens with zero attached hydrogens (tertiary/aromatic N) is 1. The number of carbonyl (C=O) groups excluding carboxylic acids is 1. The first-order valence-electron chi connectivity index (χ1n) is 9.77. The van der Waals surface area contributed by atoms with Gasteiger partial charge in [-0.15, -0.1) is 0 Å². The van der Waals surface area contributed by atoms with Crippen molar-refractivity contribution in [2.45, 2.75) is 94.2 Å². The molecule has 2 aliphatic heterocycles. The molecule has 0 N–H and O–H groups in total. The number of hydrogen-bond acceptors (Lipinski definition) is 5. The fraction of sp³-hybridized carbons (Fsp3) is 0.947. The van der Waals surface area contributed by atoms with Gasteiger partial charge in [0.15, 0.2) is 8.32 Å². The summed E-state index contributed by atoms with van der Waals surface area (Å²) in [6.07, 6.45) is 8.02. The predicted molar refractivity (Wildman–Crippen MR) is 114 cm³/mol. The Balaban J connectivity index is 1.84. The molecule has 0 spiro atoms. The Morgan fingerprint density at radius 2 is 1.96 bits per heavy atom. The SMILES string of the molecule is CS[C@H]1CCCC2O[C@]21[C@H]1[C@@H]([C@@H](C)O[Si](C)(C)C(C)(C)C)C(=O)N1SC. The van der Waals surface area contributed by atoms with Gasteiger partial charge in [0.2, 0.25) is 5.91 Å². The number of amides is 1. The smallest absolute Gasteiger partial charge is 0.240 e. The minimum absolute atomic E-state index is 0.0551. The summed E-state index contributed by atoms with van der Waals surface area (Å²) in [4.78, 5) is 13.0. The van der Waals surface area contributed by atoms with Crippen LogP contribution in [0.2, 0.25) is 18.1 Å². The number of fused-ring (bicyclic) bond motifs is 1. The van der Waals surface area contributed by atoms with Crippen LogP contribution in [0, 0.1) is 5.92 Å². The summed E-state index contributed by atoms with van der Waals surface area (Å²) in [6.45, 7) is 13.4. The second kappa shape index (κ2) is 6.97.